The maximum atomic E-state index is 11.3. The lowest BCUT2D eigenvalue weighted by Gasteiger charge is -2.16. The maximum Gasteiger partial charge on any atom is 0.238 e. The summed E-state index contributed by atoms with van der Waals surface area (Å²) in [5.41, 5.74) is 6.83. The van der Waals surface area contributed by atoms with Crippen LogP contribution < -0.4 is 16.2 Å². The molecule has 2 aromatic rings. The Kier molecular flexibility index (Phi) is 4.01. The molecule has 2 rings (SSSR count). The third kappa shape index (κ3) is 3.52. The Labute approximate surface area is 117 Å². The monoisotopic (exact) mass is 295 g/mol. The zero-order valence-corrected chi connectivity index (χ0v) is 11.9. The molecule has 0 saturated heterocycles. The van der Waals surface area contributed by atoms with Crippen molar-refractivity contribution in [3.05, 3.63) is 42.4 Å². The van der Waals surface area contributed by atoms with Gasteiger partial charge in [-0.05, 0) is 37.3 Å². The number of nitrogen functional groups attached to an aromatic ring is 1. The number of anilines is 2. The molecule has 0 saturated carbocycles. The van der Waals surface area contributed by atoms with Gasteiger partial charge in [0.05, 0.1) is 22.5 Å². The van der Waals surface area contributed by atoms with Gasteiger partial charge in [0.25, 0.3) is 0 Å². The fourth-order valence-electron chi connectivity index (χ4n) is 1.88. The standard InChI is InChI=1S/C13H17N3O3S/c1-9(7-10-3-2-6-19-10)16-13-8-11(20(15,17)18)4-5-12(13)14/h2-6,8-9,16H,7,14H2,1H3,(H2,15,17,18). The van der Waals surface area contributed by atoms with Crippen LogP contribution in [0.2, 0.25) is 0 Å². The number of sulfonamides is 1. The molecule has 0 aliphatic heterocycles. The molecule has 0 radical (unpaired) electrons. The molecule has 0 amide bonds. The number of benzene rings is 1. The molecule has 1 aromatic carbocycles. The molecule has 0 aliphatic carbocycles. The third-order valence-electron chi connectivity index (χ3n) is 2.84. The predicted octanol–water partition coefficient (Wildman–Crippen LogP) is 1.55. The van der Waals surface area contributed by atoms with Crippen molar-refractivity contribution in [1.82, 2.24) is 0 Å². The minimum atomic E-state index is -3.74. The van der Waals surface area contributed by atoms with E-state index >= 15 is 0 Å². The Morgan fingerprint density at radius 2 is 2.10 bits per heavy atom. The first-order valence-corrected chi connectivity index (χ1v) is 7.62. The summed E-state index contributed by atoms with van der Waals surface area (Å²) < 4.78 is 27.9. The lowest BCUT2D eigenvalue weighted by atomic mass is 10.1. The minimum absolute atomic E-state index is 0.0270. The zero-order chi connectivity index (χ0) is 14.8. The van der Waals surface area contributed by atoms with Crippen molar-refractivity contribution in [2.75, 3.05) is 11.1 Å². The highest BCUT2D eigenvalue weighted by atomic mass is 32.2. The molecule has 20 heavy (non-hydrogen) atoms. The number of hydrogen-bond acceptors (Lipinski definition) is 5. The Morgan fingerprint density at radius 1 is 1.35 bits per heavy atom. The second-order valence-corrected chi connectivity index (χ2v) is 6.18. The van der Waals surface area contributed by atoms with Crippen LogP contribution in [0.15, 0.2) is 45.9 Å². The van der Waals surface area contributed by atoms with Gasteiger partial charge >= 0.3 is 0 Å². The molecule has 6 nitrogen and oxygen atoms in total. The molecule has 0 aliphatic rings. The van der Waals surface area contributed by atoms with E-state index < -0.39 is 10.0 Å². The van der Waals surface area contributed by atoms with Crippen LogP contribution in [0.4, 0.5) is 11.4 Å². The van der Waals surface area contributed by atoms with E-state index in [0.717, 1.165) is 5.76 Å². The van der Waals surface area contributed by atoms with Crippen LogP contribution in [-0.2, 0) is 16.4 Å². The van der Waals surface area contributed by atoms with Crippen molar-refractivity contribution < 1.29 is 12.8 Å². The van der Waals surface area contributed by atoms with Crippen molar-refractivity contribution in [3.8, 4) is 0 Å². The van der Waals surface area contributed by atoms with Crippen LogP contribution in [0.25, 0.3) is 0 Å². The number of furan rings is 1. The SMILES string of the molecule is CC(Cc1ccco1)Nc1cc(S(N)(=O)=O)ccc1N. The van der Waals surface area contributed by atoms with E-state index in [9.17, 15) is 8.42 Å². The van der Waals surface area contributed by atoms with E-state index in [2.05, 4.69) is 5.32 Å². The van der Waals surface area contributed by atoms with E-state index in [1.807, 2.05) is 19.1 Å². The van der Waals surface area contributed by atoms with E-state index in [0.29, 0.717) is 17.8 Å². The molecule has 1 aromatic heterocycles. The van der Waals surface area contributed by atoms with Gasteiger partial charge in [0.15, 0.2) is 0 Å². The topological polar surface area (TPSA) is 111 Å². The van der Waals surface area contributed by atoms with Crippen LogP contribution in [0, 0.1) is 0 Å². The van der Waals surface area contributed by atoms with E-state index in [1.54, 1.807) is 6.26 Å². The number of hydrogen-bond donors (Lipinski definition) is 3. The van der Waals surface area contributed by atoms with Crippen molar-refractivity contribution in [2.45, 2.75) is 24.3 Å². The van der Waals surface area contributed by atoms with Gasteiger partial charge in [-0.3, -0.25) is 0 Å². The summed E-state index contributed by atoms with van der Waals surface area (Å²) >= 11 is 0. The highest BCUT2D eigenvalue weighted by Gasteiger charge is 2.12. The molecule has 1 unspecified atom stereocenters. The normalized spacial score (nSPS) is 13.1. The summed E-state index contributed by atoms with van der Waals surface area (Å²) in [7, 11) is -3.74. The van der Waals surface area contributed by atoms with Crippen LogP contribution in [-0.4, -0.2) is 14.5 Å². The van der Waals surface area contributed by atoms with Gasteiger partial charge in [0, 0.05) is 12.5 Å². The first kappa shape index (κ1) is 14.4. The smallest absolute Gasteiger partial charge is 0.238 e. The van der Waals surface area contributed by atoms with Gasteiger partial charge in [-0.25, -0.2) is 13.6 Å². The first-order chi connectivity index (χ1) is 9.36. The quantitative estimate of drug-likeness (QED) is 0.725. The Morgan fingerprint density at radius 3 is 2.70 bits per heavy atom. The third-order valence-corrected chi connectivity index (χ3v) is 3.75. The van der Waals surface area contributed by atoms with Gasteiger partial charge in [0.2, 0.25) is 10.0 Å². The van der Waals surface area contributed by atoms with Crippen molar-refractivity contribution >= 4 is 21.4 Å². The summed E-state index contributed by atoms with van der Waals surface area (Å²) in [6.07, 6.45) is 2.27. The fourth-order valence-corrected chi connectivity index (χ4v) is 2.42. The summed E-state index contributed by atoms with van der Waals surface area (Å²) in [5.74, 6) is 0.839. The fraction of sp³-hybridized carbons (Fsp3) is 0.231. The second kappa shape index (κ2) is 5.56. The molecule has 5 N–H and O–H groups in total. The Bertz CT molecular complexity index is 681. The predicted molar refractivity (Wildman–Crippen MR) is 77.7 cm³/mol. The number of primary sulfonamides is 1. The zero-order valence-electron chi connectivity index (χ0n) is 11.0. The second-order valence-electron chi connectivity index (χ2n) is 4.62. The van der Waals surface area contributed by atoms with Gasteiger partial charge in [-0.15, -0.1) is 0 Å². The van der Waals surface area contributed by atoms with Crippen molar-refractivity contribution in [3.63, 3.8) is 0 Å². The van der Waals surface area contributed by atoms with Crippen molar-refractivity contribution in [1.29, 1.82) is 0 Å². The molecule has 1 atom stereocenters. The van der Waals surface area contributed by atoms with Gasteiger partial charge in [-0.2, -0.15) is 0 Å². The maximum absolute atomic E-state index is 11.3. The van der Waals surface area contributed by atoms with Crippen LogP contribution in [0.1, 0.15) is 12.7 Å². The molecule has 0 fully saturated rings. The highest BCUT2D eigenvalue weighted by Crippen LogP contribution is 2.23. The lowest BCUT2D eigenvalue weighted by molar-refractivity contribution is 0.498. The average molecular weight is 295 g/mol. The lowest BCUT2D eigenvalue weighted by Crippen LogP contribution is -2.19. The molecular formula is C13H17N3O3S. The molecule has 0 bridgehead atoms. The van der Waals surface area contributed by atoms with Crippen LogP contribution in [0.3, 0.4) is 0 Å². The molecule has 108 valence electrons. The number of nitrogens with one attached hydrogen (secondary N) is 1. The van der Waals surface area contributed by atoms with Crippen LogP contribution in [0.5, 0.6) is 0 Å². The van der Waals surface area contributed by atoms with Gasteiger partial charge < -0.3 is 15.5 Å². The minimum Gasteiger partial charge on any atom is -0.469 e. The summed E-state index contributed by atoms with van der Waals surface area (Å²) in [4.78, 5) is 0.0272. The summed E-state index contributed by atoms with van der Waals surface area (Å²) in [5, 5.41) is 8.26. The summed E-state index contributed by atoms with van der Waals surface area (Å²) in [6, 6.07) is 8.05. The Hall–Kier alpha value is -1.99. The summed E-state index contributed by atoms with van der Waals surface area (Å²) in [6.45, 7) is 1.95. The van der Waals surface area contributed by atoms with E-state index in [4.69, 9.17) is 15.3 Å². The first-order valence-electron chi connectivity index (χ1n) is 6.07. The molecular weight excluding hydrogens is 278 g/mol. The Balaban J connectivity index is 2.16. The average Bonchev–Trinajstić information content (AvgIpc) is 2.83. The largest absolute Gasteiger partial charge is 0.469 e. The highest BCUT2D eigenvalue weighted by molar-refractivity contribution is 7.89. The molecule has 7 heteroatoms. The van der Waals surface area contributed by atoms with E-state index in [-0.39, 0.29) is 10.9 Å². The molecule has 0 spiro atoms. The van der Waals surface area contributed by atoms with Crippen LogP contribution >= 0.6 is 0 Å². The molecule has 1 heterocycles. The van der Waals surface area contributed by atoms with E-state index in [1.165, 1.54) is 18.2 Å². The van der Waals surface area contributed by atoms with Gasteiger partial charge in [-0.1, -0.05) is 0 Å². The van der Waals surface area contributed by atoms with Crippen molar-refractivity contribution in [2.24, 2.45) is 5.14 Å². The van der Waals surface area contributed by atoms with Gasteiger partial charge in [0.1, 0.15) is 5.76 Å². The number of rotatable bonds is 5. The number of nitrogens with two attached hydrogens (primary N) is 2.